The molecule has 92 valence electrons. The molecular weight excluding hydrogens is 194 g/mol. The average molecular weight is 221 g/mol. The van der Waals surface area contributed by atoms with E-state index < -0.39 is 0 Å². The minimum absolute atomic E-state index is 0.700. The summed E-state index contributed by atoms with van der Waals surface area (Å²) in [4.78, 5) is 0. The largest absolute Gasteiger partial charge is 0.314 e. The maximum atomic E-state index is 3.73. The first kappa shape index (κ1) is 12.2. The Morgan fingerprint density at radius 3 is 2.50 bits per heavy atom. The molecule has 1 nitrogen and oxygen atoms in total. The van der Waals surface area contributed by atoms with Gasteiger partial charge in [0.15, 0.2) is 0 Å². The Morgan fingerprint density at radius 2 is 1.94 bits per heavy atom. The van der Waals surface area contributed by atoms with Crippen molar-refractivity contribution in [3.63, 3.8) is 0 Å². The van der Waals surface area contributed by atoms with Crippen LogP contribution in [0.2, 0.25) is 0 Å². The molecular formula is C15H27N. The molecule has 1 N–H and O–H groups in total. The van der Waals surface area contributed by atoms with Gasteiger partial charge in [-0.1, -0.05) is 26.0 Å². The van der Waals surface area contributed by atoms with E-state index in [1.165, 1.54) is 32.2 Å². The molecule has 0 spiro atoms. The SMILES string of the molecule is CC(C)CCC(C)NCC1CC2C=CC1C2. The van der Waals surface area contributed by atoms with E-state index in [-0.39, 0.29) is 0 Å². The first-order chi connectivity index (χ1) is 7.65. The maximum absolute atomic E-state index is 3.73. The van der Waals surface area contributed by atoms with Crippen molar-refractivity contribution >= 4 is 0 Å². The van der Waals surface area contributed by atoms with Crippen molar-refractivity contribution in [1.82, 2.24) is 5.32 Å². The molecule has 0 amide bonds. The minimum Gasteiger partial charge on any atom is -0.314 e. The van der Waals surface area contributed by atoms with Crippen LogP contribution in [0.25, 0.3) is 0 Å². The van der Waals surface area contributed by atoms with Crippen LogP contribution in [-0.2, 0) is 0 Å². The van der Waals surface area contributed by atoms with Crippen molar-refractivity contribution in [2.45, 2.75) is 52.5 Å². The molecule has 0 saturated heterocycles. The Labute approximate surface area is 101 Å². The second-order valence-electron chi connectivity index (χ2n) is 6.32. The summed E-state index contributed by atoms with van der Waals surface area (Å²) in [6.07, 6.45) is 10.4. The summed E-state index contributed by atoms with van der Waals surface area (Å²) in [7, 11) is 0. The van der Waals surface area contributed by atoms with Crippen LogP contribution in [0.5, 0.6) is 0 Å². The standard InChI is InChI=1S/C15H27N/c1-11(2)4-5-12(3)16-10-15-9-13-6-7-14(15)8-13/h6-7,11-16H,4-5,8-10H2,1-3H3. The van der Waals surface area contributed by atoms with Crippen LogP contribution in [0, 0.1) is 23.7 Å². The van der Waals surface area contributed by atoms with Gasteiger partial charge in [0.1, 0.15) is 0 Å². The highest BCUT2D eigenvalue weighted by atomic mass is 14.9. The molecule has 2 rings (SSSR count). The minimum atomic E-state index is 0.700. The Hall–Kier alpha value is -0.300. The number of fused-ring (bicyclic) bond motifs is 2. The first-order valence-corrected chi connectivity index (χ1v) is 7.07. The topological polar surface area (TPSA) is 12.0 Å². The van der Waals surface area contributed by atoms with Crippen LogP contribution in [0.15, 0.2) is 12.2 Å². The van der Waals surface area contributed by atoms with Crippen LogP contribution in [0.1, 0.15) is 46.5 Å². The van der Waals surface area contributed by atoms with Crippen molar-refractivity contribution in [2.75, 3.05) is 6.54 Å². The smallest absolute Gasteiger partial charge is 0.00389 e. The summed E-state index contributed by atoms with van der Waals surface area (Å²) in [6, 6.07) is 0.700. The number of hydrogen-bond acceptors (Lipinski definition) is 1. The van der Waals surface area contributed by atoms with Gasteiger partial charge in [0, 0.05) is 6.04 Å². The van der Waals surface area contributed by atoms with E-state index in [9.17, 15) is 0 Å². The third-order valence-electron chi connectivity index (χ3n) is 4.32. The van der Waals surface area contributed by atoms with E-state index in [0.29, 0.717) is 6.04 Å². The summed E-state index contributed by atoms with van der Waals surface area (Å²) >= 11 is 0. The molecule has 0 aromatic rings. The van der Waals surface area contributed by atoms with Crippen molar-refractivity contribution in [1.29, 1.82) is 0 Å². The summed E-state index contributed by atoms with van der Waals surface area (Å²) in [5.74, 6) is 3.59. The van der Waals surface area contributed by atoms with E-state index in [1.807, 2.05) is 0 Å². The van der Waals surface area contributed by atoms with Crippen molar-refractivity contribution in [3.8, 4) is 0 Å². The van der Waals surface area contributed by atoms with E-state index in [4.69, 9.17) is 0 Å². The van der Waals surface area contributed by atoms with Crippen molar-refractivity contribution < 1.29 is 0 Å². The van der Waals surface area contributed by atoms with Gasteiger partial charge < -0.3 is 5.32 Å². The predicted octanol–water partition coefficient (Wildman–Crippen LogP) is 3.61. The lowest BCUT2D eigenvalue weighted by atomic mass is 9.93. The fourth-order valence-electron chi connectivity index (χ4n) is 3.17. The predicted molar refractivity (Wildman–Crippen MR) is 70.4 cm³/mol. The van der Waals surface area contributed by atoms with E-state index in [1.54, 1.807) is 0 Å². The molecule has 0 aromatic carbocycles. The highest BCUT2D eigenvalue weighted by Gasteiger charge is 2.35. The Balaban J connectivity index is 1.62. The summed E-state index contributed by atoms with van der Waals surface area (Å²) in [5, 5.41) is 3.73. The van der Waals surface area contributed by atoms with E-state index >= 15 is 0 Å². The van der Waals surface area contributed by atoms with Gasteiger partial charge >= 0.3 is 0 Å². The fraction of sp³-hybridized carbons (Fsp3) is 0.867. The summed E-state index contributed by atoms with van der Waals surface area (Å²) < 4.78 is 0. The van der Waals surface area contributed by atoms with Crippen molar-refractivity contribution in [3.05, 3.63) is 12.2 Å². The zero-order valence-corrected chi connectivity index (χ0v) is 11.1. The molecule has 16 heavy (non-hydrogen) atoms. The highest BCUT2D eigenvalue weighted by Crippen LogP contribution is 2.42. The van der Waals surface area contributed by atoms with E-state index in [2.05, 4.69) is 38.2 Å². The Bertz CT molecular complexity index is 244. The van der Waals surface area contributed by atoms with Crippen LogP contribution >= 0.6 is 0 Å². The van der Waals surface area contributed by atoms with Crippen LogP contribution in [0.3, 0.4) is 0 Å². The molecule has 0 radical (unpaired) electrons. The zero-order chi connectivity index (χ0) is 11.5. The molecule has 4 atom stereocenters. The Morgan fingerprint density at radius 1 is 1.12 bits per heavy atom. The number of hydrogen-bond donors (Lipinski definition) is 1. The summed E-state index contributed by atoms with van der Waals surface area (Å²) in [6.45, 7) is 8.21. The molecule has 4 unspecified atom stereocenters. The van der Waals surface area contributed by atoms with Gasteiger partial charge in [0.05, 0.1) is 0 Å². The Kier molecular flexibility index (Phi) is 4.07. The molecule has 2 aliphatic carbocycles. The lowest BCUT2D eigenvalue weighted by Crippen LogP contribution is -2.32. The fourth-order valence-corrected chi connectivity index (χ4v) is 3.17. The van der Waals surface area contributed by atoms with Gasteiger partial charge in [-0.3, -0.25) is 0 Å². The van der Waals surface area contributed by atoms with E-state index in [0.717, 1.165) is 23.7 Å². The normalized spacial score (nSPS) is 33.9. The molecule has 0 aliphatic heterocycles. The van der Waals surface area contributed by atoms with Crippen LogP contribution < -0.4 is 5.32 Å². The highest BCUT2D eigenvalue weighted by molar-refractivity contribution is 5.10. The molecule has 0 heterocycles. The monoisotopic (exact) mass is 221 g/mol. The lowest BCUT2D eigenvalue weighted by molar-refractivity contribution is 0.370. The van der Waals surface area contributed by atoms with Gasteiger partial charge in [-0.15, -0.1) is 0 Å². The third kappa shape index (κ3) is 3.10. The first-order valence-electron chi connectivity index (χ1n) is 7.07. The van der Waals surface area contributed by atoms with Crippen LogP contribution in [-0.4, -0.2) is 12.6 Å². The number of allylic oxidation sites excluding steroid dienone is 2. The summed E-state index contributed by atoms with van der Waals surface area (Å²) in [5.41, 5.74) is 0. The molecule has 1 heteroatoms. The van der Waals surface area contributed by atoms with Gasteiger partial charge in [-0.25, -0.2) is 0 Å². The molecule has 1 saturated carbocycles. The molecule has 0 aromatic heterocycles. The zero-order valence-electron chi connectivity index (χ0n) is 11.1. The van der Waals surface area contributed by atoms with Gasteiger partial charge in [-0.05, 0) is 62.8 Å². The average Bonchev–Trinajstić information content (AvgIpc) is 2.84. The molecule has 2 aliphatic rings. The second-order valence-corrected chi connectivity index (χ2v) is 6.32. The van der Waals surface area contributed by atoms with Crippen LogP contribution in [0.4, 0.5) is 0 Å². The van der Waals surface area contributed by atoms with Crippen molar-refractivity contribution in [2.24, 2.45) is 23.7 Å². The van der Waals surface area contributed by atoms with Gasteiger partial charge in [-0.2, -0.15) is 0 Å². The second kappa shape index (κ2) is 5.35. The number of rotatable bonds is 6. The lowest BCUT2D eigenvalue weighted by Gasteiger charge is -2.22. The quantitative estimate of drug-likeness (QED) is 0.676. The maximum Gasteiger partial charge on any atom is 0.00389 e. The number of nitrogens with one attached hydrogen (secondary N) is 1. The van der Waals surface area contributed by atoms with Gasteiger partial charge in [0.2, 0.25) is 0 Å². The van der Waals surface area contributed by atoms with Gasteiger partial charge in [0.25, 0.3) is 0 Å². The molecule has 1 fully saturated rings. The molecule has 2 bridgehead atoms. The third-order valence-corrected chi connectivity index (χ3v) is 4.32.